The fourth-order valence-corrected chi connectivity index (χ4v) is 2.06. The Kier molecular flexibility index (Phi) is 4.45. The molecule has 0 aliphatic carbocycles. The Morgan fingerprint density at radius 3 is 2.47 bits per heavy atom. The minimum absolute atomic E-state index is 0.504. The molecule has 1 unspecified atom stereocenters. The third-order valence-electron chi connectivity index (χ3n) is 3.50. The van der Waals surface area contributed by atoms with Crippen LogP contribution in [0.15, 0.2) is 48.5 Å². The van der Waals surface area contributed by atoms with Gasteiger partial charge < -0.3 is 10.5 Å². The first kappa shape index (κ1) is 13.5. The number of nitrogen functional groups attached to an aromatic ring is 1. The summed E-state index contributed by atoms with van der Waals surface area (Å²) in [5.74, 6) is 1.46. The molecule has 2 nitrogen and oxygen atoms in total. The van der Waals surface area contributed by atoms with Gasteiger partial charge in [0, 0.05) is 11.3 Å². The molecule has 0 saturated carbocycles. The Morgan fingerprint density at radius 2 is 1.74 bits per heavy atom. The summed E-state index contributed by atoms with van der Waals surface area (Å²) in [4.78, 5) is 0. The van der Waals surface area contributed by atoms with Gasteiger partial charge in [0.1, 0.15) is 12.4 Å². The van der Waals surface area contributed by atoms with Gasteiger partial charge in [-0.2, -0.15) is 0 Å². The molecule has 0 amide bonds. The number of para-hydroxylation sites is 2. The van der Waals surface area contributed by atoms with Crippen LogP contribution in [0.5, 0.6) is 5.75 Å². The molecule has 0 aromatic heterocycles. The highest BCUT2D eigenvalue weighted by atomic mass is 16.5. The zero-order valence-electron chi connectivity index (χ0n) is 11.6. The van der Waals surface area contributed by atoms with Crippen LogP contribution in [-0.2, 0) is 6.61 Å². The van der Waals surface area contributed by atoms with Crippen LogP contribution in [0.1, 0.15) is 37.3 Å². The molecule has 0 aliphatic heterocycles. The van der Waals surface area contributed by atoms with Crippen LogP contribution in [0.4, 0.5) is 5.69 Å². The monoisotopic (exact) mass is 255 g/mol. The number of benzene rings is 2. The first-order valence-electron chi connectivity index (χ1n) is 6.77. The molecule has 1 atom stereocenters. The van der Waals surface area contributed by atoms with E-state index in [0.29, 0.717) is 12.5 Å². The van der Waals surface area contributed by atoms with Crippen molar-refractivity contribution in [3.05, 3.63) is 59.7 Å². The summed E-state index contributed by atoms with van der Waals surface area (Å²) in [5.41, 5.74) is 9.00. The molecule has 2 aromatic carbocycles. The molecule has 2 N–H and O–H groups in total. The summed E-state index contributed by atoms with van der Waals surface area (Å²) in [7, 11) is 0. The van der Waals surface area contributed by atoms with Gasteiger partial charge in [0.15, 0.2) is 0 Å². The van der Waals surface area contributed by atoms with Gasteiger partial charge in [0.25, 0.3) is 0 Å². The van der Waals surface area contributed by atoms with E-state index in [4.69, 9.17) is 10.5 Å². The van der Waals surface area contributed by atoms with Crippen molar-refractivity contribution in [1.82, 2.24) is 0 Å². The number of hydrogen-bond acceptors (Lipinski definition) is 2. The normalized spacial score (nSPS) is 12.1. The highest BCUT2D eigenvalue weighted by Crippen LogP contribution is 2.29. The van der Waals surface area contributed by atoms with Gasteiger partial charge in [0.05, 0.1) is 0 Å². The van der Waals surface area contributed by atoms with Gasteiger partial charge in [-0.3, -0.25) is 0 Å². The third-order valence-corrected chi connectivity index (χ3v) is 3.50. The van der Waals surface area contributed by atoms with Crippen molar-refractivity contribution in [3.63, 3.8) is 0 Å². The maximum Gasteiger partial charge on any atom is 0.123 e. The molecule has 100 valence electrons. The Hall–Kier alpha value is -1.96. The van der Waals surface area contributed by atoms with Crippen molar-refractivity contribution < 1.29 is 4.74 Å². The molecule has 19 heavy (non-hydrogen) atoms. The molecule has 0 fully saturated rings. The molecule has 2 rings (SSSR count). The average Bonchev–Trinajstić information content (AvgIpc) is 2.46. The van der Waals surface area contributed by atoms with E-state index in [-0.39, 0.29) is 0 Å². The van der Waals surface area contributed by atoms with Crippen molar-refractivity contribution in [2.24, 2.45) is 0 Å². The number of anilines is 1. The van der Waals surface area contributed by atoms with Crippen LogP contribution in [0.3, 0.4) is 0 Å². The quantitative estimate of drug-likeness (QED) is 0.806. The first-order valence-corrected chi connectivity index (χ1v) is 6.77. The van der Waals surface area contributed by atoms with Crippen LogP contribution in [0.2, 0.25) is 0 Å². The van der Waals surface area contributed by atoms with Gasteiger partial charge >= 0.3 is 0 Å². The maximum atomic E-state index is 5.95. The predicted molar refractivity (Wildman–Crippen MR) is 80.3 cm³/mol. The fourth-order valence-electron chi connectivity index (χ4n) is 2.06. The number of nitrogens with two attached hydrogens (primary N) is 1. The van der Waals surface area contributed by atoms with Crippen LogP contribution < -0.4 is 10.5 Å². The van der Waals surface area contributed by atoms with Crippen molar-refractivity contribution in [2.45, 2.75) is 32.8 Å². The second kappa shape index (κ2) is 6.28. The van der Waals surface area contributed by atoms with Crippen molar-refractivity contribution >= 4 is 5.69 Å². The summed E-state index contributed by atoms with van der Waals surface area (Å²) in [6, 6.07) is 16.1. The third kappa shape index (κ3) is 3.28. The molecule has 0 spiro atoms. The molecule has 0 radical (unpaired) electrons. The van der Waals surface area contributed by atoms with Gasteiger partial charge in [-0.15, -0.1) is 0 Å². The van der Waals surface area contributed by atoms with E-state index in [2.05, 4.69) is 26.0 Å². The number of ether oxygens (including phenoxy) is 1. The molecule has 0 saturated heterocycles. The lowest BCUT2D eigenvalue weighted by Gasteiger charge is -2.16. The Morgan fingerprint density at radius 1 is 1.05 bits per heavy atom. The summed E-state index contributed by atoms with van der Waals surface area (Å²) >= 11 is 0. The zero-order valence-corrected chi connectivity index (χ0v) is 11.6. The van der Waals surface area contributed by atoms with Crippen LogP contribution in [0, 0.1) is 0 Å². The van der Waals surface area contributed by atoms with Gasteiger partial charge in [-0.25, -0.2) is 0 Å². The maximum absolute atomic E-state index is 5.95. The van der Waals surface area contributed by atoms with E-state index < -0.39 is 0 Å². The topological polar surface area (TPSA) is 35.2 Å². The number of rotatable bonds is 5. The molecule has 0 bridgehead atoms. The van der Waals surface area contributed by atoms with Gasteiger partial charge in [0.2, 0.25) is 0 Å². The second-order valence-corrected chi connectivity index (χ2v) is 4.83. The smallest absolute Gasteiger partial charge is 0.123 e. The zero-order chi connectivity index (χ0) is 13.7. The Balaban J connectivity index is 2.14. The summed E-state index contributed by atoms with van der Waals surface area (Å²) < 4.78 is 5.95. The highest BCUT2D eigenvalue weighted by molar-refractivity contribution is 5.46. The molecule has 2 heteroatoms. The van der Waals surface area contributed by atoms with Crippen LogP contribution in [0.25, 0.3) is 0 Å². The summed E-state index contributed by atoms with van der Waals surface area (Å²) in [6.45, 7) is 4.93. The van der Waals surface area contributed by atoms with E-state index in [9.17, 15) is 0 Å². The second-order valence-electron chi connectivity index (χ2n) is 4.83. The minimum atomic E-state index is 0.504. The van der Waals surface area contributed by atoms with E-state index in [1.807, 2.05) is 36.4 Å². The van der Waals surface area contributed by atoms with Crippen LogP contribution >= 0.6 is 0 Å². The lowest BCUT2D eigenvalue weighted by molar-refractivity contribution is 0.302. The van der Waals surface area contributed by atoms with Gasteiger partial charge in [-0.1, -0.05) is 50.2 Å². The minimum Gasteiger partial charge on any atom is -0.489 e. The molecular weight excluding hydrogens is 234 g/mol. The van der Waals surface area contributed by atoms with Crippen molar-refractivity contribution in [3.8, 4) is 5.75 Å². The first-order chi connectivity index (χ1) is 9.22. The number of hydrogen-bond donors (Lipinski definition) is 1. The van der Waals surface area contributed by atoms with E-state index in [1.165, 1.54) is 5.56 Å². The Labute approximate surface area is 115 Å². The van der Waals surface area contributed by atoms with E-state index >= 15 is 0 Å². The van der Waals surface area contributed by atoms with Crippen molar-refractivity contribution in [2.75, 3.05) is 5.73 Å². The van der Waals surface area contributed by atoms with E-state index in [0.717, 1.165) is 23.4 Å². The highest BCUT2D eigenvalue weighted by Gasteiger charge is 2.09. The van der Waals surface area contributed by atoms with Crippen molar-refractivity contribution in [1.29, 1.82) is 0 Å². The summed E-state index contributed by atoms with van der Waals surface area (Å²) in [5, 5.41) is 0. The lowest BCUT2D eigenvalue weighted by Crippen LogP contribution is -2.03. The lowest BCUT2D eigenvalue weighted by atomic mass is 9.98. The molecule has 0 heterocycles. The molecule has 2 aromatic rings. The Bertz CT molecular complexity index is 536. The van der Waals surface area contributed by atoms with Gasteiger partial charge in [-0.05, 0) is 30.0 Å². The fraction of sp³-hybridized carbons (Fsp3) is 0.294. The van der Waals surface area contributed by atoms with Crippen LogP contribution in [-0.4, -0.2) is 0 Å². The van der Waals surface area contributed by atoms with E-state index in [1.54, 1.807) is 0 Å². The average molecular weight is 255 g/mol. The molecule has 0 aliphatic rings. The molecular formula is C17H21NO. The summed E-state index contributed by atoms with van der Waals surface area (Å²) in [6.07, 6.45) is 1.11. The standard InChI is InChI=1S/C17H21NO/c1-3-13(2)15-9-5-7-11-17(15)19-12-14-8-4-6-10-16(14)18/h4-11,13H,3,12,18H2,1-2H3. The SMILES string of the molecule is CCC(C)c1ccccc1OCc1ccccc1N. The predicted octanol–water partition coefficient (Wildman–Crippen LogP) is 4.36. The largest absolute Gasteiger partial charge is 0.489 e.